The number of aliphatic hydroxyl groups is 1. The van der Waals surface area contributed by atoms with Crippen LogP contribution in [-0.2, 0) is 4.74 Å². The second-order valence-electron chi connectivity index (χ2n) is 4.46. The number of carbonyl (C=O) groups is 1. The summed E-state index contributed by atoms with van der Waals surface area (Å²) in [5.41, 5.74) is 2.98. The molecule has 1 aromatic carbocycles. The Labute approximate surface area is 101 Å². The number of carbonyl (C=O) groups excluding carboxylic acids is 1. The molecule has 17 heavy (non-hydrogen) atoms. The minimum absolute atomic E-state index is 0.0396. The fraction of sp³-hybridized carbons (Fsp3) is 0.462. The van der Waals surface area contributed by atoms with Gasteiger partial charge >= 0.3 is 6.09 Å². The fourth-order valence-corrected chi connectivity index (χ4v) is 2.21. The molecule has 0 radical (unpaired) electrons. The van der Waals surface area contributed by atoms with Crippen LogP contribution in [0.15, 0.2) is 18.2 Å². The molecule has 1 aliphatic heterocycles. The molecular weight excluding hydrogens is 218 g/mol. The third kappa shape index (κ3) is 2.42. The molecule has 1 fully saturated rings. The van der Waals surface area contributed by atoms with Gasteiger partial charge in [-0.2, -0.15) is 0 Å². The summed E-state index contributed by atoms with van der Waals surface area (Å²) in [5.74, 6) is 0. The maximum absolute atomic E-state index is 11.8. The molecule has 0 bridgehead atoms. The second kappa shape index (κ2) is 4.75. The van der Waals surface area contributed by atoms with E-state index >= 15 is 0 Å². The van der Waals surface area contributed by atoms with Gasteiger partial charge in [0.1, 0.15) is 0 Å². The first-order valence-corrected chi connectivity index (χ1v) is 5.77. The number of cyclic esters (lactones) is 1. The van der Waals surface area contributed by atoms with Gasteiger partial charge in [0, 0.05) is 12.1 Å². The normalized spacial score (nSPS) is 20.3. The van der Waals surface area contributed by atoms with E-state index in [9.17, 15) is 9.90 Å². The summed E-state index contributed by atoms with van der Waals surface area (Å²) in [4.78, 5) is 13.3. The minimum atomic E-state index is -0.375. The van der Waals surface area contributed by atoms with Crippen molar-refractivity contribution in [3.8, 4) is 0 Å². The van der Waals surface area contributed by atoms with Crippen LogP contribution in [0.1, 0.15) is 17.5 Å². The predicted octanol–water partition coefficient (Wildman–Crippen LogP) is 2.01. The zero-order valence-corrected chi connectivity index (χ0v) is 10.1. The Balaban J connectivity index is 2.37. The third-order valence-corrected chi connectivity index (χ3v) is 2.93. The number of hydrogen-bond donors (Lipinski definition) is 1. The van der Waals surface area contributed by atoms with Gasteiger partial charge in [-0.05, 0) is 37.1 Å². The van der Waals surface area contributed by atoms with E-state index in [1.807, 2.05) is 32.0 Å². The zero-order chi connectivity index (χ0) is 12.4. The molecule has 1 saturated heterocycles. The molecule has 0 saturated carbocycles. The molecule has 0 aromatic heterocycles. The maximum atomic E-state index is 11.8. The van der Waals surface area contributed by atoms with Gasteiger partial charge in [-0.25, -0.2) is 4.79 Å². The number of nitrogens with zero attached hydrogens (tertiary/aromatic N) is 1. The van der Waals surface area contributed by atoms with E-state index in [2.05, 4.69) is 0 Å². The van der Waals surface area contributed by atoms with Crippen LogP contribution in [0.5, 0.6) is 0 Å². The van der Waals surface area contributed by atoms with Crippen LogP contribution in [0, 0.1) is 13.8 Å². The van der Waals surface area contributed by atoms with Crippen LogP contribution in [0.4, 0.5) is 10.5 Å². The predicted molar refractivity (Wildman–Crippen MR) is 65.2 cm³/mol. The molecule has 0 aliphatic carbocycles. The smallest absolute Gasteiger partial charge is 0.414 e. The first-order valence-electron chi connectivity index (χ1n) is 5.77. The molecule has 4 nitrogen and oxygen atoms in total. The molecule has 0 spiro atoms. The standard InChI is InChI=1S/C13H17NO3/c1-9-5-10(2)7-12(6-9)14-11(8-15)3-4-17-13(14)16/h5-7,11,15H,3-4,8H2,1-2H3. The molecule has 1 amide bonds. The van der Waals surface area contributed by atoms with Crippen molar-refractivity contribution in [1.82, 2.24) is 0 Å². The molecule has 1 unspecified atom stereocenters. The lowest BCUT2D eigenvalue weighted by molar-refractivity contribution is 0.116. The van der Waals surface area contributed by atoms with Crippen molar-refractivity contribution in [2.75, 3.05) is 18.1 Å². The van der Waals surface area contributed by atoms with Gasteiger partial charge in [0.2, 0.25) is 0 Å². The van der Waals surface area contributed by atoms with Crippen molar-refractivity contribution in [1.29, 1.82) is 0 Å². The van der Waals surface area contributed by atoms with Gasteiger partial charge in [0.15, 0.2) is 0 Å². The first-order chi connectivity index (χ1) is 8.11. The molecule has 1 N–H and O–H groups in total. The summed E-state index contributed by atoms with van der Waals surface area (Å²) >= 11 is 0. The van der Waals surface area contributed by atoms with Gasteiger partial charge in [0.05, 0.1) is 19.3 Å². The Morgan fingerprint density at radius 2 is 2.00 bits per heavy atom. The number of aryl methyl sites for hydroxylation is 2. The van der Waals surface area contributed by atoms with E-state index in [0.717, 1.165) is 16.8 Å². The van der Waals surface area contributed by atoms with Gasteiger partial charge < -0.3 is 9.84 Å². The molecule has 1 aromatic rings. The summed E-state index contributed by atoms with van der Waals surface area (Å²) in [6.07, 6.45) is 0.287. The van der Waals surface area contributed by atoms with Gasteiger partial charge in [-0.3, -0.25) is 4.90 Å². The third-order valence-electron chi connectivity index (χ3n) is 2.93. The quantitative estimate of drug-likeness (QED) is 0.853. The molecular formula is C13H17NO3. The lowest BCUT2D eigenvalue weighted by Crippen LogP contribution is -2.47. The SMILES string of the molecule is Cc1cc(C)cc(N2C(=O)OCCC2CO)c1. The Morgan fingerprint density at radius 1 is 1.35 bits per heavy atom. The van der Waals surface area contributed by atoms with E-state index in [0.29, 0.717) is 13.0 Å². The number of hydrogen-bond acceptors (Lipinski definition) is 3. The summed E-state index contributed by atoms with van der Waals surface area (Å²) in [6, 6.07) is 5.73. The van der Waals surface area contributed by atoms with E-state index < -0.39 is 0 Å². The Morgan fingerprint density at radius 3 is 2.59 bits per heavy atom. The van der Waals surface area contributed by atoms with Crippen molar-refractivity contribution < 1.29 is 14.6 Å². The van der Waals surface area contributed by atoms with Gasteiger partial charge in [-0.15, -0.1) is 0 Å². The topological polar surface area (TPSA) is 49.8 Å². The summed E-state index contributed by atoms with van der Waals surface area (Å²) in [5, 5.41) is 9.33. The average molecular weight is 235 g/mol. The highest BCUT2D eigenvalue weighted by atomic mass is 16.6. The highest BCUT2D eigenvalue weighted by molar-refractivity contribution is 5.89. The first kappa shape index (κ1) is 11.9. The second-order valence-corrected chi connectivity index (χ2v) is 4.46. The Kier molecular flexibility index (Phi) is 3.33. The summed E-state index contributed by atoms with van der Waals surface area (Å²) in [7, 11) is 0. The minimum Gasteiger partial charge on any atom is -0.449 e. The van der Waals surface area contributed by atoms with Crippen molar-refractivity contribution in [2.45, 2.75) is 26.3 Å². The number of rotatable bonds is 2. The van der Waals surface area contributed by atoms with Crippen LogP contribution < -0.4 is 4.90 Å². The van der Waals surface area contributed by atoms with Crippen LogP contribution in [0.2, 0.25) is 0 Å². The lowest BCUT2D eigenvalue weighted by atomic mass is 10.1. The number of amides is 1. The summed E-state index contributed by atoms with van der Waals surface area (Å²) in [6.45, 7) is 4.31. The zero-order valence-electron chi connectivity index (χ0n) is 10.1. The van der Waals surface area contributed by atoms with Crippen molar-refractivity contribution in [3.05, 3.63) is 29.3 Å². The highest BCUT2D eigenvalue weighted by Gasteiger charge is 2.30. The molecule has 4 heteroatoms. The monoisotopic (exact) mass is 235 g/mol. The van der Waals surface area contributed by atoms with E-state index in [-0.39, 0.29) is 18.7 Å². The van der Waals surface area contributed by atoms with E-state index in [1.54, 1.807) is 4.90 Å². The average Bonchev–Trinajstić information content (AvgIpc) is 2.27. The van der Waals surface area contributed by atoms with Crippen LogP contribution >= 0.6 is 0 Å². The maximum Gasteiger partial charge on any atom is 0.414 e. The fourth-order valence-electron chi connectivity index (χ4n) is 2.21. The van der Waals surface area contributed by atoms with E-state index in [4.69, 9.17) is 4.74 Å². The Hall–Kier alpha value is -1.55. The van der Waals surface area contributed by atoms with Crippen molar-refractivity contribution in [2.24, 2.45) is 0 Å². The van der Waals surface area contributed by atoms with Crippen LogP contribution in [0.25, 0.3) is 0 Å². The van der Waals surface area contributed by atoms with Gasteiger partial charge in [0.25, 0.3) is 0 Å². The molecule has 2 rings (SSSR count). The lowest BCUT2D eigenvalue weighted by Gasteiger charge is -2.34. The Bertz CT molecular complexity index is 410. The van der Waals surface area contributed by atoms with Crippen molar-refractivity contribution >= 4 is 11.8 Å². The largest absolute Gasteiger partial charge is 0.449 e. The van der Waals surface area contributed by atoms with Crippen LogP contribution in [-0.4, -0.2) is 30.5 Å². The number of anilines is 1. The van der Waals surface area contributed by atoms with Crippen molar-refractivity contribution in [3.63, 3.8) is 0 Å². The van der Waals surface area contributed by atoms with Crippen LogP contribution in [0.3, 0.4) is 0 Å². The number of ether oxygens (including phenoxy) is 1. The van der Waals surface area contributed by atoms with E-state index in [1.165, 1.54) is 0 Å². The summed E-state index contributed by atoms with van der Waals surface area (Å²) < 4.78 is 5.03. The number of aliphatic hydroxyl groups excluding tert-OH is 1. The van der Waals surface area contributed by atoms with Gasteiger partial charge in [-0.1, -0.05) is 6.07 Å². The molecule has 1 heterocycles. The highest BCUT2D eigenvalue weighted by Crippen LogP contribution is 2.25. The molecule has 92 valence electrons. The number of benzene rings is 1. The molecule has 1 atom stereocenters. The molecule has 1 aliphatic rings.